The Kier molecular flexibility index (Phi) is 6.76. The number of hydrogen-bond acceptors (Lipinski definition) is 3. The second kappa shape index (κ2) is 9.06. The average Bonchev–Trinajstić information content (AvgIpc) is 2.58. The summed E-state index contributed by atoms with van der Waals surface area (Å²) in [6, 6.07) is 13.9. The molecule has 1 atom stereocenters. The molecule has 0 aliphatic rings. The van der Waals surface area contributed by atoms with Crippen LogP contribution < -0.4 is 5.32 Å². The van der Waals surface area contributed by atoms with E-state index in [1.165, 1.54) is 0 Å². The van der Waals surface area contributed by atoms with Crippen LogP contribution in [0.25, 0.3) is 0 Å². The molecule has 1 amide bonds. The third-order valence-electron chi connectivity index (χ3n) is 3.76. The Hall–Kier alpha value is -2.20. The topological polar surface area (TPSA) is 45.2 Å². The zero-order valence-electron chi connectivity index (χ0n) is 13.9. The van der Waals surface area contributed by atoms with Crippen LogP contribution in [0.2, 0.25) is 0 Å². The van der Waals surface area contributed by atoms with E-state index in [2.05, 4.69) is 15.2 Å². The largest absolute Gasteiger partial charge is 0.356 e. The Morgan fingerprint density at radius 2 is 1.96 bits per heavy atom. The van der Waals surface area contributed by atoms with Crippen LogP contribution in [0, 0.1) is 0 Å². The molecule has 0 saturated heterocycles. The smallest absolute Gasteiger partial charge is 0.227 e. The molecule has 23 heavy (non-hydrogen) atoms. The number of amides is 1. The quantitative estimate of drug-likeness (QED) is 0.762. The summed E-state index contributed by atoms with van der Waals surface area (Å²) in [6.07, 6.45) is 5.20. The van der Waals surface area contributed by atoms with Crippen molar-refractivity contribution in [1.82, 2.24) is 15.2 Å². The minimum atomic E-state index is -0.181. The molecule has 1 aromatic heterocycles. The van der Waals surface area contributed by atoms with Gasteiger partial charge in [0.25, 0.3) is 0 Å². The highest BCUT2D eigenvalue weighted by molar-refractivity contribution is 5.83. The van der Waals surface area contributed by atoms with Crippen LogP contribution in [0.1, 0.15) is 23.5 Å². The van der Waals surface area contributed by atoms with Gasteiger partial charge in [0.2, 0.25) is 5.91 Å². The molecule has 2 rings (SSSR count). The number of nitrogens with one attached hydrogen (secondary N) is 1. The van der Waals surface area contributed by atoms with Gasteiger partial charge < -0.3 is 10.2 Å². The molecule has 0 spiro atoms. The lowest BCUT2D eigenvalue weighted by Crippen LogP contribution is -2.32. The fraction of sp³-hybridized carbons (Fsp3) is 0.368. The van der Waals surface area contributed by atoms with Crippen LogP contribution >= 0.6 is 0 Å². The summed E-state index contributed by atoms with van der Waals surface area (Å²) in [5.41, 5.74) is 2.12. The fourth-order valence-corrected chi connectivity index (χ4v) is 2.53. The van der Waals surface area contributed by atoms with Gasteiger partial charge >= 0.3 is 0 Å². The van der Waals surface area contributed by atoms with Crippen LogP contribution in [-0.4, -0.2) is 43.0 Å². The minimum Gasteiger partial charge on any atom is -0.356 e. The Bertz CT molecular complexity index is 584. The van der Waals surface area contributed by atoms with Gasteiger partial charge in [-0.3, -0.25) is 9.78 Å². The second-order valence-electron chi connectivity index (χ2n) is 5.98. The molecule has 1 N–H and O–H groups in total. The van der Waals surface area contributed by atoms with Gasteiger partial charge in [0.1, 0.15) is 0 Å². The molecule has 0 aliphatic carbocycles. The van der Waals surface area contributed by atoms with Crippen molar-refractivity contribution in [3.05, 3.63) is 66.0 Å². The monoisotopic (exact) mass is 311 g/mol. The summed E-state index contributed by atoms with van der Waals surface area (Å²) >= 11 is 0. The summed E-state index contributed by atoms with van der Waals surface area (Å²) in [7, 11) is 4.08. The molecule has 0 radical (unpaired) electrons. The zero-order valence-corrected chi connectivity index (χ0v) is 13.9. The first kappa shape index (κ1) is 17.2. The van der Waals surface area contributed by atoms with Crippen LogP contribution in [-0.2, 0) is 11.2 Å². The average molecular weight is 311 g/mol. The van der Waals surface area contributed by atoms with Gasteiger partial charge in [-0.15, -0.1) is 0 Å². The molecule has 122 valence electrons. The Morgan fingerprint density at radius 1 is 1.17 bits per heavy atom. The van der Waals surface area contributed by atoms with Gasteiger partial charge in [0.05, 0.1) is 5.92 Å². The molecule has 2 aromatic rings. The number of carbonyl (C=O) groups excluding carboxylic acids is 1. The maximum atomic E-state index is 12.6. The van der Waals surface area contributed by atoms with Crippen molar-refractivity contribution >= 4 is 5.91 Å². The predicted molar refractivity (Wildman–Crippen MR) is 93.3 cm³/mol. The molecule has 0 fully saturated rings. The molecule has 0 aliphatic heterocycles. The first-order valence-electron chi connectivity index (χ1n) is 8.03. The Balaban J connectivity index is 2.03. The lowest BCUT2D eigenvalue weighted by atomic mass is 9.92. The van der Waals surface area contributed by atoms with Gasteiger partial charge in [-0.05, 0) is 50.7 Å². The zero-order chi connectivity index (χ0) is 16.5. The van der Waals surface area contributed by atoms with Gasteiger partial charge in [-0.2, -0.15) is 0 Å². The van der Waals surface area contributed by atoms with Crippen molar-refractivity contribution in [2.24, 2.45) is 0 Å². The van der Waals surface area contributed by atoms with Crippen molar-refractivity contribution in [3.63, 3.8) is 0 Å². The molecule has 1 heterocycles. The standard InChI is InChI=1S/C19H25N3O/c1-22(2)13-7-12-21-19(23)18(17-9-4-3-5-10-17)14-16-8-6-11-20-15-16/h3-6,8-11,15,18H,7,12-14H2,1-2H3,(H,21,23). The molecule has 0 saturated carbocycles. The molecule has 4 nitrogen and oxygen atoms in total. The lowest BCUT2D eigenvalue weighted by Gasteiger charge is -2.18. The minimum absolute atomic E-state index is 0.0822. The molecule has 0 bridgehead atoms. The third-order valence-corrected chi connectivity index (χ3v) is 3.76. The van der Waals surface area contributed by atoms with Crippen LogP contribution in [0.15, 0.2) is 54.9 Å². The number of aromatic nitrogens is 1. The maximum absolute atomic E-state index is 12.6. The van der Waals surface area contributed by atoms with E-state index in [4.69, 9.17) is 0 Å². The van der Waals surface area contributed by atoms with E-state index in [0.29, 0.717) is 13.0 Å². The maximum Gasteiger partial charge on any atom is 0.227 e. The van der Waals surface area contributed by atoms with Crippen LogP contribution in [0.3, 0.4) is 0 Å². The summed E-state index contributed by atoms with van der Waals surface area (Å²) < 4.78 is 0. The highest BCUT2D eigenvalue weighted by Gasteiger charge is 2.20. The normalized spacial score (nSPS) is 12.1. The number of rotatable bonds is 8. The lowest BCUT2D eigenvalue weighted by molar-refractivity contribution is -0.122. The molecule has 1 unspecified atom stereocenters. The van der Waals surface area contributed by atoms with Gasteiger partial charge in [-0.1, -0.05) is 36.4 Å². The van der Waals surface area contributed by atoms with Crippen molar-refractivity contribution in [2.45, 2.75) is 18.8 Å². The Morgan fingerprint density at radius 3 is 2.61 bits per heavy atom. The first-order valence-corrected chi connectivity index (χ1v) is 8.03. The van der Waals surface area contributed by atoms with E-state index in [-0.39, 0.29) is 11.8 Å². The predicted octanol–water partition coefficient (Wildman–Crippen LogP) is 2.48. The van der Waals surface area contributed by atoms with Crippen LogP contribution in [0.5, 0.6) is 0 Å². The first-order chi connectivity index (χ1) is 11.2. The van der Waals surface area contributed by atoms with Crippen molar-refractivity contribution in [1.29, 1.82) is 0 Å². The summed E-state index contributed by atoms with van der Waals surface area (Å²) in [4.78, 5) is 18.9. The number of hydrogen-bond donors (Lipinski definition) is 1. The summed E-state index contributed by atoms with van der Waals surface area (Å²) in [5.74, 6) is -0.0986. The highest BCUT2D eigenvalue weighted by atomic mass is 16.1. The number of carbonyl (C=O) groups is 1. The fourth-order valence-electron chi connectivity index (χ4n) is 2.53. The number of benzene rings is 1. The molecule has 1 aromatic carbocycles. The third kappa shape index (κ3) is 5.83. The van der Waals surface area contributed by atoms with E-state index < -0.39 is 0 Å². The van der Waals surface area contributed by atoms with Crippen molar-refractivity contribution < 1.29 is 4.79 Å². The number of pyridine rings is 1. The van der Waals surface area contributed by atoms with E-state index in [9.17, 15) is 4.79 Å². The van der Waals surface area contributed by atoms with Crippen molar-refractivity contribution in [3.8, 4) is 0 Å². The molecular weight excluding hydrogens is 286 g/mol. The van der Waals surface area contributed by atoms with E-state index in [1.807, 2.05) is 62.8 Å². The SMILES string of the molecule is CN(C)CCCNC(=O)C(Cc1cccnc1)c1ccccc1. The second-order valence-corrected chi connectivity index (χ2v) is 5.98. The Labute approximate surface area is 138 Å². The summed E-state index contributed by atoms with van der Waals surface area (Å²) in [5, 5.41) is 3.07. The van der Waals surface area contributed by atoms with Gasteiger partial charge in [0, 0.05) is 18.9 Å². The molecular formula is C19H25N3O. The summed E-state index contributed by atoms with van der Waals surface area (Å²) in [6.45, 7) is 1.67. The van der Waals surface area contributed by atoms with Crippen molar-refractivity contribution in [2.75, 3.05) is 27.2 Å². The van der Waals surface area contributed by atoms with E-state index in [1.54, 1.807) is 6.20 Å². The van der Waals surface area contributed by atoms with E-state index in [0.717, 1.165) is 24.1 Å². The van der Waals surface area contributed by atoms with E-state index >= 15 is 0 Å². The number of nitrogens with zero attached hydrogens (tertiary/aromatic N) is 2. The molecule has 4 heteroatoms. The highest BCUT2D eigenvalue weighted by Crippen LogP contribution is 2.20. The van der Waals surface area contributed by atoms with Crippen LogP contribution in [0.4, 0.5) is 0 Å². The van der Waals surface area contributed by atoms with Gasteiger partial charge in [-0.25, -0.2) is 0 Å². The van der Waals surface area contributed by atoms with Gasteiger partial charge in [0.15, 0.2) is 0 Å².